The number of aliphatic hydroxyl groups is 5. The molecule has 1 aliphatic rings. The van der Waals surface area contributed by atoms with E-state index >= 15 is 0 Å². The van der Waals surface area contributed by atoms with Gasteiger partial charge in [0, 0.05) is 6.42 Å². The first-order valence-corrected chi connectivity index (χ1v) is 26.4. The molecule has 0 aliphatic carbocycles. The Morgan fingerprint density at radius 2 is 0.939 bits per heavy atom. The largest absolute Gasteiger partial charge is 0.394 e. The summed E-state index contributed by atoms with van der Waals surface area (Å²) in [5.41, 5.74) is 0. The van der Waals surface area contributed by atoms with Gasteiger partial charge in [-0.1, -0.05) is 214 Å². The second-order valence-corrected chi connectivity index (χ2v) is 17.9. The number of hydrogen-bond acceptors (Lipinski definition) is 8. The minimum Gasteiger partial charge on any atom is -0.394 e. The number of allylic oxidation sites excluding steroid dienone is 16. The summed E-state index contributed by atoms with van der Waals surface area (Å²) in [4.78, 5) is 13.0. The molecular weight excluding hydrogens is 827 g/mol. The van der Waals surface area contributed by atoms with E-state index in [-0.39, 0.29) is 12.5 Å². The van der Waals surface area contributed by atoms with Crippen LogP contribution >= 0.6 is 0 Å². The van der Waals surface area contributed by atoms with Crippen molar-refractivity contribution in [1.29, 1.82) is 0 Å². The first-order valence-electron chi connectivity index (χ1n) is 26.4. The van der Waals surface area contributed by atoms with Crippen molar-refractivity contribution < 1.29 is 39.8 Å². The number of amides is 1. The van der Waals surface area contributed by atoms with Crippen molar-refractivity contribution in [2.24, 2.45) is 0 Å². The Kier molecular flexibility index (Phi) is 42.5. The third-order valence-electron chi connectivity index (χ3n) is 12.0. The SMILES string of the molecule is CC/C=C\C/C=C\C/C=C\C/C=C\C/C=C\C/C=C\C/C=C\C/C=C\CCCCCCCCCCCCC(=O)NC(COC1OC(CO)C(O)C(O)C1O)C(O)CCCCCCCCCC. The van der Waals surface area contributed by atoms with Gasteiger partial charge < -0.3 is 40.3 Å². The quantitative estimate of drug-likeness (QED) is 0.0262. The van der Waals surface area contributed by atoms with Crippen LogP contribution in [0.15, 0.2) is 97.2 Å². The number of rotatable bonds is 43. The van der Waals surface area contributed by atoms with Crippen LogP contribution in [0.5, 0.6) is 0 Å². The number of hydrogen-bond donors (Lipinski definition) is 6. The smallest absolute Gasteiger partial charge is 0.220 e. The Morgan fingerprint density at radius 1 is 0.530 bits per heavy atom. The van der Waals surface area contributed by atoms with Gasteiger partial charge in [0.25, 0.3) is 0 Å². The molecule has 0 radical (unpaired) electrons. The number of nitrogens with one attached hydrogen (secondary N) is 1. The van der Waals surface area contributed by atoms with Gasteiger partial charge in [0.15, 0.2) is 6.29 Å². The zero-order valence-electron chi connectivity index (χ0n) is 41.7. The lowest BCUT2D eigenvalue weighted by Gasteiger charge is -2.40. The molecule has 0 aromatic carbocycles. The third-order valence-corrected chi connectivity index (χ3v) is 12.0. The molecule has 1 rings (SSSR count). The van der Waals surface area contributed by atoms with Gasteiger partial charge in [0.2, 0.25) is 5.91 Å². The van der Waals surface area contributed by atoms with Crippen LogP contribution < -0.4 is 5.32 Å². The van der Waals surface area contributed by atoms with Crippen molar-refractivity contribution in [2.45, 2.75) is 243 Å². The maximum atomic E-state index is 13.0. The van der Waals surface area contributed by atoms with Crippen molar-refractivity contribution in [1.82, 2.24) is 5.32 Å². The molecule has 0 spiro atoms. The minimum absolute atomic E-state index is 0.145. The van der Waals surface area contributed by atoms with E-state index in [0.717, 1.165) is 96.3 Å². The summed E-state index contributed by atoms with van der Waals surface area (Å²) in [6.07, 6.45) is 58.8. The van der Waals surface area contributed by atoms with E-state index in [0.29, 0.717) is 12.8 Å². The Labute approximate surface area is 403 Å². The van der Waals surface area contributed by atoms with Crippen molar-refractivity contribution in [3.05, 3.63) is 97.2 Å². The maximum absolute atomic E-state index is 13.0. The van der Waals surface area contributed by atoms with Crippen LogP contribution in [0.1, 0.15) is 200 Å². The van der Waals surface area contributed by atoms with Gasteiger partial charge in [0.05, 0.1) is 25.4 Å². The number of carbonyl (C=O) groups is 1. The van der Waals surface area contributed by atoms with Crippen LogP contribution in [-0.2, 0) is 14.3 Å². The standard InChI is InChI=1S/C57H97NO8/c1-3-5-7-9-11-13-14-15-16-17-18-19-20-21-22-23-24-25-26-27-28-29-30-31-32-33-34-35-36-37-38-39-41-43-45-47-53(61)58-50(51(60)46-44-42-40-12-10-8-6-4-2)49-65-57-56(64)55(63)54(62)52(48-59)66-57/h5,7,11,13,15-16,18-19,21-22,24-25,27-28,30-31,50-52,54-57,59-60,62-64H,3-4,6,8-10,12,14,17,20,23,26,29,32-49H2,1-2H3,(H,58,61)/b7-5-,13-11-,16-15-,19-18-,22-21-,25-24-,28-27-,31-30-. The lowest BCUT2D eigenvalue weighted by molar-refractivity contribution is -0.302. The van der Waals surface area contributed by atoms with Crippen LogP contribution in [-0.4, -0.2) is 87.5 Å². The molecule has 0 saturated carbocycles. The first kappa shape index (κ1) is 61.1. The number of aliphatic hydroxyl groups excluding tert-OH is 5. The molecule has 9 nitrogen and oxygen atoms in total. The van der Waals surface area contributed by atoms with Crippen molar-refractivity contribution in [3.63, 3.8) is 0 Å². The van der Waals surface area contributed by atoms with Gasteiger partial charge in [-0.15, -0.1) is 0 Å². The van der Waals surface area contributed by atoms with Gasteiger partial charge >= 0.3 is 0 Å². The number of ether oxygens (including phenoxy) is 2. The highest BCUT2D eigenvalue weighted by molar-refractivity contribution is 5.76. The lowest BCUT2D eigenvalue weighted by atomic mass is 9.99. The van der Waals surface area contributed by atoms with Gasteiger partial charge in [-0.25, -0.2) is 0 Å². The first-order chi connectivity index (χ1) is 32.3. The maximum Gasteiger partial charge on any atom is 0.220 e. The predicted molar refractivity (Wildman–Crippen MR) is 276 cm³/mol. The van der Waals surface area contributed by atoms with E-state index in [1.54, 1.807) is 0 Å². The zero-order chi connectivity index (χ0) is 48.0. The van der Waals surface area contributed by atoms with E-state index < -0.39 is 49.5 Å². The molecule has 6 N–H and O–H groups in total. The average molecular weight is 924 g/mol. The summed E-state index contributed by atoms with van der Waals surface area (Å²) < 4.78 is 11.2. The van der Waals surface area contributed by atoms with E-state index in [2.05, 4.69) is 116 Å². The predicted octanol–water partition coefficient (Wildman–Crippen LogP) is 12.5. The van der Waals surface area contributed by atoms with Gasteiger partial charge in [-0.05, 0) is 77.0 Å². The Morgan fingerprint density at radius 3 is 1.39 bits per heavy atom. The molecule has 0 bridgehead atoms. The van der Waals surface area contributed by atoms with E-state index in [9.17, 15) is 30.3 Å². The monoisotopic (exact) mass is 924 g/mol. The number of unbranched alkanes of at least 4 members (excludes halogenated alkanes) is 17. The summed E-state index contributed by atoms with van der Waals surface area (Å²) in [5.74, 6) is -0.157. The molecule has 1 amide bonds. The summed E-state index contributed by atoms with van der Waals surface area (Å²) in [7, 11) is 0. The Balaban J connectivity index is 2.12. The fourth-order valence-corrected chi connectivity index (χ4v) is 7.76. The molecule has 0 aromatic rings. The van der Waals surface area contributed by atoms with E-state index in [4.69, 9.17) is 9.47 Å². The van der Waals surface area contributed by atoms with Crippen LogP contribution in [0.3, 0.4) is 0 Å². The summed E-state index contributed by atoms with van der Waals surface area (Å²) in [5, 5.41) is 54.2. The zero-order valence-corrected chi connectivity index (χ0v) is 41.7. The fourth-order valence-electron chi connectivity index (χ4n) is 7.76. The van der Waals surface area contributed by atoms with Crippen LogP contribution in [0.2, 0.25) is 0 Å². The molecule has 378 valence electrons. The number of carbonyl (C=O) groups excluding carboxylic acids is 1. The molecule has 1 heterocycles. The summed E-state index contributed by atoms with van der Waals surface area (Å²) in [6.45, 7) is 3.66. The Hall–Kier alpha value is -2.89. The molecule has 1 saturated heterocycles. The van der Waals surface area contributed by atoms with Gasteiger partial charge in [-0.2, -0.15) is 0 Å². The van der Waals surface area contributed by atoms with E-state index in [1.165, 1.54) is 77.0 Å². The van der Waals surface area contributed by atoms with Crippen molar-refractivity contribution >= 4 is 5.91 Å². The molecule has 7 unspecified atom stereocenters. The second-order valence-electron chi connectivity index (χ2n) is 17.9. The molecular formula is C57H97NO8. The second kappa shape index (κ2) is 45.9. The van der Waals surface area contributed by atoms with Crippen molar-refractivity contribution in [2.75, 3.05) is 13.2 Å². The topological polar surface area (TPSA) is 149 Å². The minimum atomic E-state index is -1.56. The summed E-state index contributed by atoms with van der Waals surface area (Å²) >= 11 is 0. The third kappa shape index (κ3) is 35.3. The summed E-state index contributed by atoms with van der Waals surface area (Å²) in [6, 6.07) is -0.724. The average Bonchev–Trinajstić information content (AvgIpc) is 3.32. The molecule has 9 heteroatoms. The lowest BCUT2D eigenvalue weighted by Crippen LogP contribution is -2.60. The van der Waals surface area contributed by atoms with Crippen LogP contribution in [0.4, 0.5) is 0 Å². The van der Waals surface area contributed by atoms with Crippen LogP contribution in [0, 0.1) is 0 Å². The molecule has 7 atom stereocenters. The molecule has 66 heavy (non-hydrogen) atoms. The van der Waals surface area contributed by atoms with E-state index in [1.807, 2.05) is 0 Å². The highest BCUT2D eigenvalue weighted by Gasteiger charge is 2.44. The van der Waals surface area contributed by atoms with Gasteiger partial charge in [0.1, 0.15) is 24.4 Å². The fraction of sp³-hybridized carbons (Fsp3) is 0.702. The normalized spacial score (nSPS) is 20.6. The molecule has 1 fully saturated rings. The highest BCUT2D eigenvalue weighted by Crippen LogP contribution is 2.23. The Bertz CT molecular complexity index is 1350. The highest BCUT2D eigenvalue weighted by atomic mass is 16.7. The van der Waals surface area contributed by atoms with Crippen molar-refractivity contribution in [3.8, 4) is 0 Å². The molecule has 1 aliphatic heterocycles. The molecule has 0 aromatic heterocycles. The van der Waals surface area contributed by atoms with Crippen LogP contribution in [0.25, 0.3) is 0 Å². The van der Waals surface area contributed by atoms with Gasteiger partial charge in [-0.3, -0.25) is 4.79 Å².